The monoisotopic (exact) mass is 338 g/mol. The average molecular weight is 339 g/mol. The first-order valence-electron chi connectivity index (χ1n) is 7.90. The highest BCUT2D eigenvalue weighted by molar-refractivity contribution is 9.09. The van der Waals surface area contributed by atoms with Gasteiger partial charge in [0.15, 0.2) is 0 Å². The molecule has 1 atom stereocenters. The fourth-order valence-corrected chi connectivity index (χ4v) is 4.02. The van der Waals surface area contributed by atoms with E-state index in [1.54, 1.807) is 11.1 Å². The Balaban J connectivity index is 1.97. The molecule has 1 aliphatic rings. The highest BCUT2D eigenvalue weighted by Crippen LogP contribution is 2.41. The normalized spacial score (nSPS) is 22.0. The molecule has 2 rings (SSSR count). The smallest absolute Gasteiger partial charge is 0.0474 e. The average Bonchev–Trinajstić information content (AvgIpc) is 2.46. The van der Waals surface area contributed by atoms with Crippen LogP contribution in [0, 0.1) is 5.92 Å². The third kappa shape index (κ3) is 3.85. The molecule has 1 aliphatic carbocycles. The molecule has 0 heterocycles. The van der Waals surface area contributed by atoms with Gasteiger partial charge in [0.25, 0.3) is 0 Å². The maximum absolute atomic E-state index is 5.87. The molecule has 2 heteroatoms. The van der Waals surface area contributed by atoms with E-state index < -0.39 is 0 Å². The lowest BCUT2D eigenvalue weighted by molar-refractivity contribution is 0.104. The van der Waals surface area contributed by atoms with Crippen molar-refractivity contribution in [2.45, 2.75) is 51.4 Å². The zero-order valence-corrected chi connectivity index (χ0v) is 14.4. The molecule has 0 N–H and O–H groups in total. The van der Waals surface area contributed by atoms with Crippen LogP contribution in [0.3, 0.4) is 0 Å². The van der Waals surface area contributed by atoms with Gasteiger partial charge in [0.05, 0.1) is 0 Å². The van der Waals surface area contributed by atoms with Crippen LogP contribution in [0.4, 0.5) is 0 Å². The molecule has 0 radical (unpaired) electrons. The van der Waals surface area contributed by atoms with Crippen molar-refractivity contribution in [3.63, 3.8) is 0 Å². The van der Waals surface area contributed by atoms with Gasteiger partial charge in [0.1, 0.15) is 0 Å². The highest BCUT2D eigenvalue weighted by atomic mass is 79.9. The lowest BCUT2D eigenvalue weighted by Crippen LogP contribution is -2.34. The van der Waals surface area contributed by atoms with E-state index in [0.717, 1.165) is 37.3 Å². The minimum atomic E-state index is 0.284. The Morgan fingerprint density at radius 2 is 2.05 bits per heavy atom. The van der Waals surface area contributed by atoms with Crippen LogP contribution in [0.5, 0.6) is 0 Å². The molecular formula is C18H27BrO. The minimum Gasteiger partial charge on any atom is -0.381 e. The summed E-state index contributed by atoms with van der Waals surface area (Å²) in [6.45, 7) is 6.28. The molecule has 0 spiro atoms. The Morgan fingerprint density at radius 1 is 1.25 bits per heavy atom. The van der Waals surface area contributed by atoms with Crippen molar-refractivity contribution < 1.29 is 4.74 Å². The molecule has 0 aliphatic heterocycles. The van der Waals surface area contributed by atoms with Crippen LogP contribution in [0.25, 0.3) is 0 Å². The molecule has 112 valence electrons. The first-order chi connectivity index (χ1) is 9.68. The predicted octanol–water partition coefficient (Wildman–Crippen LogP) is 5.11. The zero-order chi connectivity index (χ0) is 14.4. The van der Waals surface area contributed by atoms with Gasteiger partial charge in [-0.3, -0.25) is 0 Å². The van der Waals surface area contributed by atoms with Gasteiger partial charge in [-0.2, -0.15) is 0 Å². The molecule has 20 heavy (non-hydrogen) atoms. The number of benzene rings is 1. The summed E-state index contributed by atoms with van der Waals surface area (Å²) < 4.78 is 5.87. The van der Waals surface area contributed by atoms with Gasteiger partial charge in [-0.25, -0.2) is 0 Å². The number of ether oxygens (including phenoxy) is 1. The number of halogens is 1. The summed E-state index contributed by atoms with van der Waals surface area (Å²) in [6.07, 6.45) is 6.11. The van der Waals surface area contributed by atoms with E-state index >= 15 is 0 Å². The van der Waals surface area contributed by atoms with E-state index in [9.17, 15) is 0 Å². The van der Waals surface area contributed by atoms with Crippen LogP contribution in [0.15, 0.2) is 24.3 Å². The quantitative estimate of drug-likeness (QED) is 0.496. The summed E-state index contributed by atoms with van der Waals surface area (Å²) in [4.78, 5) is 0. The molecule has 0 fully saturated rings. The molecule has 0 bridgehead atoms. The Bertz CT molecular complexity index is 416. The van der Waals surface area contributed by atoms with Crippen LogP contribution in [-0.2, 0) is 16.6 Å². The number of fused-ring (bicyclic) bond motifs is 1. The maximum Gasteiger partial charge on any atom is 0.0474 e. The van der Waals surface area contributed by atoms with Gasteiger partial charge in [-0.1, -0.05) is 54.0 Å². The first-order valence-corrected chi connectivity index (χ1v) is 9.02. The highest BCUT2D eigenvalue weighted by Gasteiger charge is 2.34. The van der Waals surface area contributed by atoms with E-state index in [1.165, 1.54) is 19.3 Å². The second-order valence-electron chi connectivity index (χ2n) is 6.47. The van der Waals surface area contributed by atoms with Crippen LogP contribution >= 0.6 is 15.9 Å². The van der Waals surface area contributed by atoms with E-state index in [0.29, 0.717) is 0 Å². The van der Waals surface area contributed by atoms with Crippen molar-refractivity contribution in [1.82, 2.24) is 0 Å². The molecule has 0 saturated heterocycles. The SMILES string of the molecule is CC(C)CCOCCC1(CBr)CCCc2ccccc21. The summed E-state index contributed by atoms with van der Waals surface area (Å²) in [5.74, 6) is 0.732. The Kier molecular flexibility index (Phi) is 6.10. The van der Waals surface area contributed by atoms with Crippen molar-refractivity contribution in [1.29, 1.82) is 0 Å². The fraction of sp³-hybridized carbons (Fsp3) is 0.667. The second kappa shape index (κ2) is 7.61. The lowest BCUT2D eigenvalue weighted by atomic mass is 9.69. The topological polar surface area (TPSA) is 9.23 Å². The minimum absolute atomic E-state index is 0.284. The first kappa shape index (κ1) is 16.0. The van der Waals surface area contributed by atoms with Crippen LogP contribution in [-0.4, -0.2) is 18.5 Å². The Labute approximate surface area is 132 Å². The van der Waals surface area contributed by atoms with Gasteiger partial charge in [-0.15, -0.1) is 0 Å². The Hall–Kier alpha value is -0.340. The fourth-order valence-electron chi connectivity index (χ4n) is 3.16. The molecule has 0 amide bonds. The van der Waals surface area contributed by atoms with E-state index in [-0.39, 0.29) is 5.41 Å². The molecule has 1 aromatic rings. The number of hydrogen-bond donors (Lipinski definition) is 0. The summed E-state index contributed by atoms with van der Waals surface area (Å²) in [6, 6.07) is 8.97. The maximum atomic E-state index is 5.87. The summed E-state index contributed by atoms with van der Waals surface area (Å²) in [5.41, 5.74) is 3.38. The number of rotatable bonds is 7. The molecule has 1 unspecified atom stereocenters. The van der Waals surface area contributed by atoms with Crippen molar-refractivity contribution in [3.8, 4) is 0 Å². The predicted molar refractivity (Wildman–Crippen MR) is 89.7 cm³/mol. The number of alkyl halides is 1. The molecule has 1 aromatic carbocycles. The molecule has 0 aromatic heterocycles. The largest absolute Gasteiger partial charge is 0.381 e. The second-order valence-corrected chi connectivity index (χ2v) is 7.03. The molecular weight excluding hydrogens is 312 g/mol. The third-order valence-electron chi connectivity index (χ3n) is 4.51. The number of hydrogen-bond acceptors (Lipinski definition) is 1. The number of aryl methyl sites for hydroxylation is 1. The van der Waals surface area contributed by atoms with E-state index in [1.807, 2.05) is 0 Å². The van der Waals surface area contributed by atoms with E-state index in [2.05, 4.69) is 54.0 Å². The van der Waals surface area contributed by atoms with Gasteiger partial charge < -0.3 is 4.74 Å². The summed E-state index contributed by atoms with van der Waals surface area (Å²) in [5, 5.41) is 1.05. The van der Waals surface area contributed by atoms with Crippen LogP contribution in [0.2, 0.25) is 0 Å². The van der Waals surface area contributed by atoms with Crippen molar-refractivity contribution in [2.75, 3.05) is 18.5 Å². The lowest BCUT2D eigenvalue weighted by Gasteiger charge is -2.38. The molecule has 1 nitrogen and oxygen atoms in total. The van der Waals surface area contributed by atoms with Gasteiger partial charge in [0, 0.05) is 24.0 Å². The van der Waals surface area contributed by atoms with Crippen molar-refractivity contribution in [2.24, 2.45) is 5.92 Å². The molecule has 0 saturated carbocycles. The van der Waals surface area contributed by atoms with Crippen LogP contribution in [0.1, 0.15) is 50.7 Å². The van der Waals surface area contributed by atoms with Gasteiger partial charge >= 0.3 is 0 Å². The third-order valence-corrected chi connectivity index (χ3v) is 5.58. The van der Waals surface area contributed by atoms with Crippen molar-refractivity contribution in [3.05, 3.63) is 35.4 Å². The van der Waals surface area contributed by atoms with Gasteiger partial charge in [0.2, 0.25) is 0 Å². The van der Waals surface area contributed by atoms with Crippen molar-refractivity contribution >= 4 is 15.9 Å². The summed E-state index contributed by atoms with van der Waals surface area (Å²) in [7, 11) is 0. The van der Waals surface area contributed by atoms with Gasteiger partial charge in [-0.05, 0) is 49.1 Å². The zero-order valence-electron chi connectivity index (χ0n) is 12.8. The summed E-state index contributed by atoms with van der Waals surface area (Å²) >= 11 is 3.77. The van der Waals surface area contributed by atoms with Crippen LogP contribution < -0.4 is 0 Å². The standard InChI is InChI=1S/C18H27BrO/c1-15(2)9-12-20-13-11-18(14-19)10-5-7-16-6-3-4-8-17(16)18/h3-4,6,8,15H,5,7,9-14H2,1-2H3. The van der Waals surface area contributed by atoms with E-state index in [4.69, 9.17) is 4.74 Å². The Morgan fingerprint density at radius 3 is 2.80 bits per heavy atom.